The van der Waals surface area contributed by atoms with E-state index in [-0.39, 0.29) is 17.9 Å². The first-order chi connectivity index (χ1) is 12.1. The number of benzene rings is 1. The van der Waals surface area contributed by atoms with Crippen molar-refractivity contribution >= 4 is 23.2 Å². The number of nitrogens with zero attached hydrogens (tertiary/aromatic N) is 1. The molecular formula is C17H20N4O4. The molecule has 3 N–H and O–H groups in total. The number of hydrogen-bond donors (Lipinski definition) is 3. The maximum atomic E-state index is 12.1. The number of morpholine rings is 1. The van der Waals surface area contributed by atoms with Crippen LogP contribution in [0.4, 0.5) is 11.4 Å². The summed E-state index contributed by atoms with van der Waals surface area (Å²) in [6.07, 6.45) is 1.73. The van der Waals surface area contributed by atoms with Gasteiger partial charge >= 0.3 is 0 Å². The van der Waals surface area contributed by atoms with Crippen molar-refractivity contribution in [1.29, 1.82) is 0 Å². The Morgan fingerprint density at radius 1 is 1.24 bits per heavy atom. The molecule has 2 aromatic rings. The third-order valence-electron chi connectivity index (χ3n) is 3.85. The smallest absolute Gasteiger partial charge is 0.260 e. The fourth-order valence-electron chi connectivity index (χ4n) is 2.54. The van der Waals surface area contributed by atoms with Gasteiger partial charge < -0.3 is 25.2 Å². The number of aryl methyl sites for hydroxylation is 1. The third-order valence-corrected chi connectivity index (χ3v) is 3.85. The SMILES string of the molecule is Cc1oncc1C(=O)Nc1ccc(NC(=O)CC2COCCN2)cc1. The van der Waals surface area contributed by atoms with Gasteiger partial charge in [-0.25, -0.2) is 0 Å². The first kappa shape index (κ1) is 17.1. The van der Waals surface area contributed by atoms with Gasteiger partial charge in [-0.15, -0.1) is 0 Å². The minimum atomic E-state index is -0.293. The molecule has 1 aromatic carbocycles. The summed E-state index contributed by atoms with van der Waals surface area (Å²) in [5.41, 5.74) is 1.67. The molecule has 0 aliphatic carbocycles. The standard InChI is InChI=1S/C17H20N4O4/c1-11-15(9-19-25-11)17(23)21-13-4-2-12(3-5-13)20-16(22)8-14-10-24-7-6-18-14/h2-5,9,14,18H,6-8,10H2,1H3,(H,20,22)(H,21,23). The largest absolute Gasteiger partial charge is 0.378 e. The van der Waals surface area contributed by atoms with E-state index in [4.69, 9.17) is 9.26 Å². The number of rotatable bonds is 5. The van der Waals surface area contributed by atoms with Gasteiger partial charge in [-0.05, 0) is 31.2 Å². The molecule has 1 saturated heterocycles. The van der Waals surface area contributed by atoms with Crippen LogP contribution in [-0.4, -0.2) is 42.8 Å². The van der Waals surface area contributed by atoms with Crippen molar-refractivity contribution in [2.45, 2.75) is 19.4 Å². The molecule has 2 heterocycles. The van der Waals surface area contributed by atoms with E-state index in [9.17, 15) is 9.59 Å². The third kappa shape index (κ3) is 4.65. The van der Waals surface area contributed by atoms with Gasteiger partial charge in [-0.2, -0.15) is 0 Å². The second-order valence-corrected chi connectivity index (χ2v) is 5.81. The number of ether oxygens (including phenoxy) is 1. The molecule has 1 atom stereocenters. The van der Waals surface area contributed by atoms with Crippen molar-refractivity contribution in [3.05, 3.63) is 41.8 Å². The molecule has 1 aromatic heterocycles. The number of nitrogens with one attached hydrogen (secondary N) is 3. The van der Waals surface area contributed by atoms with Crippen molar-refractivity contribution in [3.8, 4) is 0 Å². The Bertz CT molecular complexity index is 735. The van der Waals surface area contributed by atoms with Crippen LogP contribution in [0.1, 0.15) is 22.5 Å². The summed E-state index contributed by atoms with van der Waals surface area (Å²) in [6.45, 7) is 3.66. The van der Waals surface area contributed by atoms with E-state index in [1.807, 2.05) is 0 Å². The number of hydrogen-bond acceptors (Lipinski definition) is 6. The lowest BCUT2D eigenvalue weighted by Gasteiger charge is -2.23. The highest BCUT2D eigenvalue weighted by Gasteiger charge is 2.17. The van der Waals surface area contributed by atoms with Crippen LogP contribution in [0.3, 0.4) is 0 Å². The van der Waals surface area contributed by atoms with Crippen molar-refractivity contribution < 1.29 is 18.8 Å². The summed E-state index contributed by atoms with van der Waals surface area (Å²) in [4.78, 5) is 24.1. The van der Waals surface area contributed by atoms with Crippen molar-refractivity contribution in [1.82, 2.24) is 10.5 Å². The van der Waals surface area contributed by atoms with Crippen LogP contribution in [0, 0.1) is 6.92 Å². The molecular weight excluding hydrogens is 324 g/mol. The Balaban J connectivity index is 1.52. The number of carbonyl (C=O) groups is 2. The Hall–Kier alpha value is -2.71. The van der Waals surface area contributed by atoms with Gasteiger partial charge in [0.2, 0.25) is 5.91 Å². The summed E-state index contributed by atoms with van der Waals surface area (Å²) in [6, 6.07) is 6.95. The fourth-order valence-corrected chi connectivity index (χ4v) is 2.54. The summed E-state index contributed by atoms with van der Waals surface area (Å²) < 4.78 is 10.2. The van der Waals surface area contributed by atoms with Gasteiger partial charge in [0.05, 0.1) is 19.4 Å². The first-order valence-electron chi connectivity index (χ1n) is 8.05. The Morgan fingerprint density at radius 3 is 2.56 bits per heavy atom. The van der Waals surface area contributed by atoms with Gasteiger partial charge in [0.15, 0.2) is 0 Å². The lowest BCUT2D eigenvalue weighted by molar-refractivity contribution is -0.117. The van der Waals surface area contributed by atoms with E-state index in [1.54, 1.807) is 31.2 Å². The minimum Gasteiger partial charge on any atom is -0.378 e. The molecule has 0 bridgehead atoms. The van der Waals surface area contributed by atoms with E-state index in [2.05, 4.69) is 21.1 Å². The number of anilines is 2. The van der Waals surface area contributed by atoms with Crippen molar-refractivity contribution in [2.75, 3.05) is 30.4 Å². The zero-order chi connectivity index (χ0) is 17.6. The number of aromatic nitrogens is 1. The zero-order valence-electron chi connectivity index (χ0n) is 13.9. The van der Waals surface area contributed by atoms with Crippen LogP contribution < -0.4 is 16.0 Å². The van der Waals surface area contributed by atoms with E-state index < -0.39 is 0 Å². The predicted octanol–water partition coefficient (Wildman–Crippen LogP) is 1.55. The molecule has 25 heavy (non-hydrogen) atoms. The maximum Gasteiger partial charge on any atom is 0.260 e. The molecule has 8 heteroatoms. The predicted molar refractivity (Wildman–Crippen MR) is 91.5 cm³/mol. The lowest BCUT2D eigenvalue weighted by Crippen LogP contribution is -2.43. The topological polar surface area (TPSA) is 105 Å². The monoisotopic (exact) mass is 344 g/mol. The Labute approximate surface area is 144 Å². The van der Waals surface area contributed by atoms with Gasteiger partial charge in [-0.3, -0.25) is 9.59 Å². The Morgan fingerprint density at radius 2 is 1.96 bits per heavy atom. The van der Waals surface area contributed by atoms with Crippen LogP contribution in [0.25, 0.3) is 0 Å². The van der Waals surface area contributed by atoms with E-state index >= 15 is 0 Å². The molecule has 0 saturated carbocycles. The van der Waals surface area contributed by atoms with Crippen LogP contribution >= 0.6 is 0 Å². The Kier molecular flexibility index (Phi) is 5.42. The normalized spacial score (nSPS) is 17.1. The molecule has 0 spiro atoms. The average molecular weight is 344 g/mol. The molecule has 3 rings (SSSR count). The second-order valence-electron chi connectivity index (χ2n) is 5.81. The molecule has 132 valence electrons. The van der Waals surface area contributed by atoms with Crippen LogP contribution in [0.15, 0.2) is 35.0 Å². The molecule has 1 fully saturated rings. The molecule has 1 unspecified atom stereocenters. The van der Waals surface area contributed by atoms with Crippen LogP contribution in [0.2, 0.25) is 0 Å². The summed E-state index contributed by atoms with van der Waals surface area (Å²) >= 11 is 0. The fraction of sp³-hybridized carbons (Fsp3) is 0.353. The highest BCUT2D eigenvalue weighted by molar-refractivity contribution is 6.04. The number of carbonyl (C=O) groups excluding carboxylic acids is 2. The molecule has 1 aliphatic heterocycles. The van der Waals surface area contributed by atoms with Crippen LogP contribution in [-0.2, 0) is 9.53 Å². The average Bonchev–Trinajstić information content (AvgIpc) is 3.03. The van der Waals surface area contributed by atoms with Crippen molar-refractivity contribution in [3.63, 3.8) is 0 Å². The first-order valence-corrected chi connectivity index (χ1v) is 8.05. The van der Waals surface area contributed by atoms with E-state index in [0.29, 0.717) is 42.3 Å². The summed E-state index contributed by atoms with van der Waals surface area (Å²) in [7, 11) is 0. The molecule has 2 amide bonds. The minimum absolute atomic E-state index is 0.0409. The van der Waals surface area contributed by atoms with Crippen molar-refractivity contribution in [2.24, 2.45) is 0 Å². The van der Waals surface area contributed by atoms with E-state index in [1.165, 1.54) is 6.20 Å². The molecule has 0 radical (unpaired) electrons. The molecule has 8 nitrogen and oxygen atoms in total. The number of amides is 2. The highest BCUT2D eigenvalue weighted by atomic mass is 16.5. The lowest BCUT2D eigenvalue weighted by atomic mass is 10.2. The summed E-state index contributed by atoms with van der Waals surface area (Å²) in [5, 5.41) is 12.4. The quantitative estimate of drug-likeness (QED) is 0.760. The van der Waals surface area contributed by atoms with Gasteiger partial charge in [0.1, 0.15) is 11.3 Å². The van der Waals surface area contributed by atoms with Gasteiger partial charge in [-0.1, -0.05) is 5.16 Å². The zero-order valence-corrected chi connectivity index (χ0v) is 13.9. The van der Waals surface area contributed by atoms with Gasteiger partial charge in [0, 0.05) is 30.4 Å². The second kappa shape index (κ2) is 7.91. The van der Waals surface area contributed by atoms with Gasteiger partial charge in [0.25, 0.3) is 5.91 Å². The molecule has 1 aliphatic rings. The highest BCUT2D eigenvalue weighted by Crippen LogP contribution is 2.16. The maximum absolute atomic E-state index is 12.1. The van der Waals surface area contributed by atoms with Crippen LogP contribution in [0.5, 0.6) is 0 Å². The summed E-state index contributed by atoms with van der Waals surface area (Å²) in [5.74, 6) is 0.0838. The van der Waals surface area contributed by atoms with E-state index in [0.717, 1.165) is 6.54 Å².